The average molecular weight is 328 g/mol. The largest absolute Gasteiger partial charge is 0.207 e. The van der Waals surface area contributed by atoms with E-state index in [9.17, 15) is 4.39 Å². The predicted molar refractivity (Wildman–Crippen MR) is 77.7 cm³/mol. The van der Waals surface area contributed by atoms with E-state index in [0.717, 1.165) is 11.1 Å². The lowest BCUT2D eigenvalue weighted by Crippen LogP contribution is -1.99. The fourth-order valence-electron chi connectivity index (χ4n) is 1.84. The van der Waals surface area contributed by atoms with E-state index in [0.29, 0.717) is 10.0 Å². The minimum atomic E-state index is -0.486. The zero-order valence-electron chi connectivity index (χ0n) is 10.2. The molecule has 0 spiro atoms. The van der Waals surface area contributed by atoms with Gasteiger partial charge in [0.05, 0.1) is 5.38 Å². The third-order valence-electron chi connectivity index (χ3n) is 3.08. The van der Waals surface area contributed by atoms with Crippen molar-refractivity contribution in [2.45, 2.75) is 19.2 Å². The molecule has 0 heterocycles. The van der Waals surface area contributed by atoms with Crippen LogP contribution in [0.5, 0.6) is 0 Å². The lowest BCUT2D eigenvalue weighted by atomic mass is 10.00. The van der Waals surface area contributed by atoms with E-state index in [-0.39, 0.29) is 5.82 Å². The van der Waals surface area contributed by atoms with Crippen molar-refractivity contribution in [2.24, 2.45) is 0 Å². The van der Waals surface area contributed by atoms with Crippen LogP contribution >= 0.6 is 27.5 Å². The number of alkyl halides is 1. The molecule has 1 atom stereocenters. The topological polar surface area (TPSA) is 0 Å². The Bertz CT molecular complexity index is 560. The SMILES string of the molecule is Cc1ccc(C(Cl)c2c(F)cccc2Br)cc1C. The van der Waals surface area contributed by atoms with Crippen LogP contribution in [0.2, 0.25) is 0 Å². The molecular weight excluding hydrogens is 315 g/mol. The zero-order valence-corrected chi connectivity index (χ0v) is 12.5. The number of hydrogen-bond acceptors (Lipinski definition) is 0. The van der Waals surface area contributed by atoms with Crippen LogP contribution in [0.25, 0.3) is 0 Å². The Hall–Kier alpha value is -0.860. The van der Waals surface area contributed by atoms with E-state index in [1.54, 1.807) is 12.1 Å². The monoisotopic (exact) mass is 326 g/mol. The Labute approximate surface area is 120 Å². The Balaban J connectivity index is 2.48. The quantitative estimate of drug-likeness (QED) is 0.636. The fourth-order valence-corrected chi connectivity index (χ4v) is 2.90. The molecule has 2 rings (SSSR count). The molecule has 0 nitrogen and oxygen atoms in total. The number of hydrogen-bond donors (Lipinski definition) is 0. The highest BCUT2D eigenvalue weighted by Gasteiger charge is 2.18. The van der Waals surface area contributed by atoms with Crippen molar-refractivity contribution >= 4 is 27.5 Å². The van der Waals surface area contributed by atoms with Crippen molar-refractivity contribution < 1.29 is 4.39 Å². The molecule has 94 valence electrons. The molecule has 3 heteroatoms. The van der Waals surface area contributed by atoms with Crippen LogP contribution in [0.1, 0.15) is 27.6 Å². The maximum Gasteiger partial charge on any atom is 0.129 e. The van der Waals surface area contributed by atoms with Gasteiger partial charge >= 0.3 is 0 Å². The van der Waals surface area contributed by atoms with Gasteiger partial charge < -0.3 is 0 Å². The number of benzene rings is 2. The van der Waals surface area contributed by atoms with E-state index in [4.69, 9.17) is 11.6 Å². The van der Waals surface area contributed by atoms with Crippen LogP contribution in [0.4, 0.5) is 4.39 Å². The van der Waals surface area contributed by atoms with Gasteiger partial charge in [-0.05, 0) is 42.7 Å². The summed E-state index contributed by atoms with van der Waals surface area (Å²) in [5, 5.41) is -0.486. The van der Waals surface area contributed by atoms with E-state index in [1.165, 1.54) is 11.6 Å². The van der Waals surface area contributed by atoms with Crippen LogP contribution in [-0.4, -0.2) is 0 Å². The molecule has 0 bridgehead atoms. The van der Waals surface area contributed by atoms with Crippen molar-refractivity contribution in [3.63, 3.8) is 0 Å². The summed E-state index contributed by atoms with van der Waals surface area (Å²) in [6.07, 6.45) is 0. The predicted octanol–water partition coefficient (Wildman–Crippen LogP) is 5.53. The summed E-state index contributed by atoms with van der Waals surface area (Å²) in [5.74, 6) is -0.289. The van der Waals surface area contributed by atoms with Crippen LogP contribution in [0.3, 0.4) is 0 Å². The van der Waals surface area contributed by atoms with E-state index >= 15 is 0 Å². The maximum atomic E-state index is 13.9. The van der Waals surface area contributed by atoms with Gasteiger partial charge in [-0.3, -0.25) is 0 Å². The minimum Gasteiger partial charge on any atom is -0.207 e. The highest BCUT2D eigenvalue weighted by atomic mass is 79.9. The van der Waals surface area contributed by atoms with Gasteiger partial charge in [-0.2, -0.15) is 0 Å². The standard InChI is InChI=1S/C15H13BrClF/c1-9-6-7-11(8-10(9)2)15(17)14-12(16)4-3-5-13(14)18/h3-8,15H,1-2H3. The van der Waals surface area contributed by atoms with Crippen LogP contribution in [-0.2, 0) is 0 Å². The molecule has 0 N–H and O–H groups in total. The third-order valence-corrected chi connectivity index (χ3v) is 4.24. The molecule has 0 aliphatic heterocycles. The molecule has 0 saturated heterocycles. The van der Waals surface area contributed by atoms with Gasteiger partial charge in [-0.1, -0.05) is 40.2 Å². The molecule has 0 amide bonds. The highest BCUT2D eigenvalue weighted by molar-refractivity contribution is 9.10. The van der Waals surface area contributed by atoms with Crippen LogP contribution < -0.4 is 0 Å². The van der Waals surface area contributed by atoms with Crippen LogP contribution in [0.15, 0.2) is 40.9 Å². The molecular formula is C15H13BrClF. The first-order chi connectivity index (χ1) is 8.50. The molecule has 0 fully saturated rings. The average Bonchev–Trinajstić information content (AvgIpc) is 2.32. The van der Waals surface area contributed by atoms with Gasteiger partial charge in [0.25, 0.3) is 0 Å². The minimum absolute atomic E-state index is 0.289. The Morgan fingerprint density at radius 1 is 1.11 bits per heavy atom. The lowest BCUT2D eigenvalue weighted by molar-refractivity contribution is 0.611. The first-order valence-electron chi connectivity index (χ1n) is 5.66. The van der Waals surface area contributed by atoms with Gasteiger partial charge in [-0.15, -0.1) is 11.6 Å². The molecule has 2 aromatic carbocycles. The molecule has 0 aromatic heterocycles. The summed E-state index contributed by atoms with van der Waals surface area (Å²) in [6, 6.07) is 10.8. The fraction of sp³-hybridized carbons (Fsp3) is 0.200. The maximum absolute atomic E-state index is 13.9. The summed E-state index contributed by atoms with van der Waals surface area (Å²) in [5.41, 5.74) is 3.76. The zero-order chi connectivity index (χ0) is 13.3. The van der Waals surface area contributed by atoms with E-state index in [1.807, 2.05) is 32.0 Å². The second-order valence-corrected chi connectivity index (χ2v) is 5.63. The van der Waals surface area contributed by atoms with Crippen molar-refractivity contribution in [3.05, 3.63) is 68.9 Å². The van der Waals surface area contributed by atoms with Crippen molar-refractivity contribution in [1.82, 2.24) is 0 Å². The number of aryl methyl sites for hydroxylation is 2. The van der Waals surface area contributed by atoms with Gasteiger partial charge in [0, 0.05) is 10.0 Å². The summed E-state index contributed by atoms with van der Waals surface area (Å²) < 4.78 is 14.5. The Morgan fingerprint density at radius 2 is 1.83 bits per heavy atom. The highest BCUT2D eigenvalue weighted by Crippen LogP contribution is 2.36. The molecule has 0 aliphatic rings. The molecule has 2 aromatic rings. The summed E-state index contributed by atoms with van der Waals surface area (Å²) >= 11 is 9.75. The van der Waals surface area contributed by atoms with E-state index < -0.39 is 5.38 Å². The van der Waals surface area contributed by atoms with Crippen LogP contribution in [0, 0.1) is 19.7 Å². The molecule has 0 radical (unpaired) electrons. The summed E-state index contributed by atoms with van der Waals surface area (Å²) in [7, 11) is 0. The summed E-state index contributed by atoms with van der Waals surface area (Å²) in [6.45, 7) is 4.07. The first-order valence-corrected chi connectivity index (χ1v) is 6.89. The van der Waals surface area contributed by atoms with Gasteiger partial charge in [-0.25, -0.2) is 4.39 Å². The lowest BCUT2D eigenvalue weighted by Gasteiger charge is -2.14. The van der Waals surface area contributed by atoms with Gasteiger partial charge in [0.2, 0.25) is 0 Å². The van der Waals surface area contributed by atoms with Gasteiger partial charge in [0.1, 0.15) is 5.82 Å². The molecule has 1 unspecified atom stereocenters. The van der Waals surface area contributed by atoms with Crippen molar-refractivity contribution in [1.29, 1.82) is 0 Å². The third kappa shape index (κ3) is 2.60. The molecule has 0 aliphatic carbocycles. The second-order valence-electron chi connectivity index (χ2n) is 4.34. The Kier molecular flexibility index (Phi) is 4.08. The van der Waals surface area contributed by atoms with Crippen molar-refractivity contribution in [2.75, 3.05) is 0 Å². The summed E-state index contributed by atoms with van der Waals surface area (Å²) in [4.78, 5) is 0. The smallest absolute Gasteiger partial charge is 0.129 e. The van der Waals surface area contributed by atoms with Crippen molar-refractivity contribution in [3.8, 4) is 0 Å². The molecule has 0 saturated carbocycles. The second kappa shape index (κ2) is 5.41. The number of halogens is 3. The van der Waals surface area contributed by atoms with Gasteiger partial charge in [0.15, 0.2) is 0 Å². The normalized spacial score (nSPS) is 12.5. The van der Waals surface area contributed by atoms with E-state index in [2.05, 4.69) is 15.9 Å². The number of rotatable bonds is 2. The molecule has 18 heavy (non-hydrogen) atoms. The first kappa shape index (κ1) is 13.6. The Morgan fingerprint density at radius 3 is 2.44 bits per heavy atom.